The molecular weight excluding hydrogens is 238 g/mol. The van der Waals surface area contributed by atoms with E-state index in [1.54, 1.807) is 0 Å². The molecule has 1 aliphatic carbocycles. The SMILES string of the molecule is CC(C)NCC1(CCSc2ccccc2)CCC1. The van der Waals surface area contributed by atoms with Crippen molar-refractivity contribution < 1.29 is 0 Å². The average molecular weight is 263 g/mol. The van der Waals surface area contributed by atoms with E-state index in [2.05, 4.69) is 49.5 Å². The molecule has 2 rings (SSSR count). The first-order chi connectivity index (χ1) is 8.70. The Hall–Kier alpha value is -0.470. The standard InChI is InChI=1S/C16H25NS/c1-14(2)17-13-16(9-6-10-16)11-12-18-15-7-4-3-5-8-15/h3-5,7-8,14,17H,6,9-13H2,1-2H3. The molecule has 0 spiro atoms. The lowest BCUT2D eigenvalue weighted by Crippen LogP contribution is -2.42. The lowest BCUT2D eigenvalue weighted by Gasteiger charge is -2.43. The molecule has 0 saturated heterocycles. The van der Waals surface area contributed by atoms with Crippen LogP contribution in [0.4, 0.5) is 0 Å². The zero-order chi connectivity index (χ0) is 12.8. The fraction of sp³-hybridized carbons (Fsp3) is 0.625. The lowest BCUT2D eigenvalue weighted by atomic mass is 9.67. The number of thioether (sulfide) groups is 1. The van der Waals surface area contributed by atoms with Crippen LogP contribution < -0.4 is 5.32 Å². The molecule has 0 aromatic heterocycles. The largest absolute Gasteiger partial charge is 0.314 e. The van der Waals surface area contributed by atoms with Gasteiger partial charge in [0.2, 0.25) is 0 Å². The Morgan fingerprint density at radius 2 is 1.94 bits per heavy atom. The third kappa shape index (κ3) is 4.03. The number of hydrogen-bond donors (Lipinski definition) is 1. The molecule has 1 aromatic carbocycles. The summed E-state index contributed by atoms with van der Waals surface area (Å²) in [5, 5.41) is 3.63. The van der Waals surface area contributed by atoms with Crippen LogP contribution in [0.1, 0.15) is 39.5 Å². The van der Waals surface area contributed by atoms with Crippen LogP contribution in [0, 0.1) is 5.41 Å². The van der Waals surface area contributed by atoms with Gasteiger partial charge in [0.05, 0.1) is 0 Å². The van der Waals surface area contributed by atoms with Gasteiger partial charge in [0.25, 0.3) is 0 Å². The first-order valence-corrected chi connectivity index (χ1v) is 8.10. The van der Waals surface area contributed by atoms with Crippen molar-refractivity contribution in [2.75, 3.05) is 12.3 Å². The minimum Gasteiger partial charge on any atom is -0.314 e. The minimum atomic E-state index is 0.603. The van der Waals surface area contributed by atoms with Gasteiger partial charge in [-0.1, -0.05) is 38.5 Å². The van der Waals surface area contributed by atoms with E-state index in [9.17, 15) is 0 Å². The summed E-state index contributed by atoms with van der Waals surface area (Å²) in [5.74, 6) is 1.25. The highest BCUT2D eigenvalue weighted by molar-refractivity contribution is 7.99. The van der Waals surface area contributed by atoms with E-state index in [-0.39, 0.29) is 0 Å². The Labute approximate surface area is 116 Å². The van der Waals surface area contributed by atoms with Gasteiger partial charge in [0.15, 0.2) is 0 Å². The van der Waals surface area contributed by atoms with Crippen LogP contribution in [0.2, 0.25) is 0 Å². The Balaban J connectivity index is 1.74. The molecule has 0 radical (unpaired) electrons. The highest BCUT2D eigenvalue weighted by Gasteiger charge is 2.35. The fourth-order valence-electron chi connectivity index (χ4n) is 2.51. The minimum absolute atomic E-state index is 0.603. The van der Waals surface area contributed by atoms with Crippen LogP contribution in [0.3, 0.4) is 0 Å². The maximum Gasteiger partial charge on any atom is 0.00719 e. The zero-order valence-electron chi connectivity index (χ0n) is 11.6. The smallest absolute Gasteiger partial charge is 0.00719 e. The van der Waals surface area contributed by atoms with Crippen molar-refractivity contribution in [2.24, 2.45) is 5.41 Å². The molecule has 1 N–H and O–H groups in total. The molecule has 1 aromatic rings. The number of hydrogen-bond acceptors (Lipinski definition) is 2. The van der Waals surface area contributed by atoms with Crippen molar-refractivity contribution in [2.45, 2.75) is 50.5 Å². The van der Waals surface area contributed by atoms with E-state index in [0.29, 0.717) is 11.5 Å². The van der Waals surface area contributed by atoms with E-state index in [1.165, 1.54) is 42.9 Å². The lowest BCUT2D eigenvalue weighted by molar-refractivity contribution is 0.122. The number of rotatable bonds is 7. The summed E-state index contributed by atoms with van der Waals surface area (Å²) in [7, 11) is 0. The summed E-state index contributed by atoms with van der Waals surface area (Å²) in [4.78, 5) is 1.41. The maximum atomic E-state index is 3.63. The normalized spacial score (nSPS) is 17.7. The molecular formula is C16H25NS. The van der Waals surface area contributed by atoms with Crippen LogP contribution in [0.5, 0.6) is 0 Å². The zero-order valence-corrected chi connectivity index (χ0v) is 12.4. The van der Waals surface area contributed by atoms with Gasteiger partial charge in [0, 0.05) is 17.5 Å². The molecule has 100 valence electrons. The summed E-state index contributed by atoms with van der Waals surface area (Å²) in [6, 6.07) is 11.4. The van der Waals surface area contributed by atoms with Crippen LogP contribution in [0.25, 0.3) is 0 Å². The third-order valence-corrected chi connectivity index (χ3v) is 4.96. The molecule has 1 nitrogen and oxygen atoms in total. The van der Waals surface area contributed by atoms with Gasteiger partial charge < -0.3 is 5.32 Å². The van der Waals surface area contributed by atoms with Gasteiger partial charge >= 0.3 is 0 Å². The van der Waals surface area contributed by atoms with E-state index in [0.717, 1.165) is 0 Å². The van der Waals surface area contributed by atoms with E-state index in [4.69, 9.17) is 0 Å². The Bertz CT molecular complexity index is 343. The van der Waals surface area contributed by atoms with Gasteiger partial charge in [-0.3, -0.25) is 0 Å². The molecule has 0 heterocycles. The monoisotopic (exact) mass is 263 g/mol. The molecule has 1 aliphatic rings. The van der Waals surface area contributed by atoms with Gasteiger partial charge in [0.1, 0.15) is 0 Å². The van der Waals surface area contributed by atoms with Crippen LogP contribution in [-0.2, 0) is 0 Å². The molecule has 0 amide bonds. The Morgan fingerprint density at radius 3 is 2.50 bits per heavy atom. The first kappa shape index (κ1) is 14.0. The molecule has 1 saturated carbocycles. The van der Waals surface area contributed by atoms with Crippen molar-refractivity contribution in [3.63, 3.8) is 0 Å². The number of nitrogens with one attached hydrogen (secondary N) is 1. The Morgan fingerprint density at radius 1 is 1.22 bits per heavy atom. The van der Waals surface area contributed by atoms with Crippen molar-refractivity contribution in [1.29, 1.82) is 0 Å². The third-order valence-electron chi connectivity index (χ3n) is 3.94. The highest BCUT2D eigenvalue weighted by atomic mass is 32.2. The summed E-state index contributed by atoms with van der Waals surface area (Å²) >= 11 is 2.00. The summed E-state index contributed by atoms with van der Waals surface area (Å²) < 4.78 is 0. The molecule has 0 bridgehead atoms. The first-order valence-electron chi connectivity index (χ1n) is 7.11. The topological polar surface area (TPSA) is 12.0 Å². The van der Waals surface area contributed by atoms with Crippen molar-refractivity contribution in [1.82, 2.24) is 5.32 Å². The van der Waals surface area contributed by atoms with Crippen molar-refractivity contribution >= 4 is 11.8 Å². The maximum absolute atomic E-state index is 3.63. The fourth-order valence-corrected chi connectivity index (χ4v) is 3.64. The molecule has 2 heteroatoms. The highest BCUT2D eigenvalue weighted by Crippen LogP contribution is 2.44. The second-order valence-electron chi connectivity index (χ2n) is 5.80. The quantitative estimate of drug-likeness (QED) is 0.735. The van der Waals surface area contributed by atoms with E-state index >= 15 is 0 Å². The van der Waals surface area contributed by atoms with E-state index in [1.807, 2.05) is 11.8 Å². The van der Waals surface area contributed by atoms with Crippen LogP contribution in [0.15, 0.2) is 35.2 Å². The summed E-state index contributed by atoms with van der Waals surface area (Å²) in [6.07, 6.45) is 5.62. The molecule has 18 heavy (non-hydrogen) atoms. The van der Waals surface area contributed by atoms with Gasteiger partial charge in [-0.25, -0.2) is 0 Å². The van der Waals surface area contributed by atoms with Gasteiger partial charge in [-0.2, -0.15) is 0 Å². The average Bonchev–Trinajstić information content (AvgIpc) is 2.32. The summed E-state index contributed by atoms with van der Waals surface area (Å²) in [6.45, 7) is 5.69. The van der Waals surface area contributed by atoms with Crippen molar-refractivity contribution in [3.8, 4) is 0 Å². The molecule has 0 atom stereocenters. The second-order valence-corrected chi connectivity index (χ2v) is 6.97. The van der Waals surface area contributed by atoms with Gasteiger partial charge in [-0.05, 0) is 42.6 Å². The predicted octanol–water partition coefficient (Wildman–Crippen LogP) is 4.34. The van der Waals surface area contributed by atoms with Crippen molar-refractivity contribution in [3.05, 3.63) is 30.3 Å². The van der Waals surface area contributed by atoms with Gasteiger partial charge in [-0.15, -0.1) is 11.8 Å². The summed E-state index contributed by atoms with van der Waals surface area (Å²) in [5.41, 5.74) is 0.603. The van der Waals surface area contributed by atoms with Crippen LogP contribution in [-0.4, -0.2) is 18.3 Å². The van der Waals surface area contributed by atoms with Crippen LogP contribution >= 0.6 is 11.8 Å². The second kappa shape index (κ2) is 6.63. The molecule has 0 aliphatic heterocycles. The molecule has 0 unspecified atom stereocenters. The number of benzene rings is 1. The Kier molecular flexibility index (Phi) is 5.13. The van der Waals surface area contributed by atoms with E-state index < -0.39 is 0 Å². The molecule has 1 fully saturated rings. The predicted molar refractivity (Wildman–Crippen MR) is 81.2 cm³/mol.